The van der Waals surface area contributed by atoms with Gasteiger partial charge in [0.15, 0.2) is 0 Å². The number of aryl methyl sites for hydroxylation is 2. The molecule has 0 atom stereocenters. The number of hydrogen-bond acceptors (Lipinski definition) is 4. The van der Waals surface area contributed by atoms with Crippen LogP contribution in [0, 0.1) is 0 Å². The van der Waals surface area contributed by atoms with Crippen molar-refractivity contribution in [1.82, 2.24) is 14.9 Å². The van der Waals surface area contributed by atoms with Gasteiger partial charge in [-0.1, -0.05) is 12.1 Å². The largest absolute Gasteiger partial charge is 0.497 e. The second-order valence-electron chi connectivity index (χ2n) is 4.80. The summed E-state index contributed by atoms with van der Waals surface area (Å²) in [6, 6.07) is 8.20. The van der Waals surface area contributed by atoms with Crippen LogP contribution in [0.4, 0.5) is 0 Å². The molecule has 114 valence electrons. The molecule has 0 spiro atoms. The maximum atomic E-state index is 5.17. The molecule has 0 aliphatic rings. The van der Waals surface area contributed by atoms with Crippen LogP contribution in [-0.4, -0.2) is 36.9 Å². The van der Waals surface area contributed by atoms with Crippen molar-refractivity contribution in [2.75, 3.05) is 27.4 Å². The van der Waals surface area contributed by atoms with Crippen LogP contribution in [-0.2, 0) is 24.2 Å². The summed E-state index contributed by atoms with van der Waals surface area (Å²) in [5, 5.41) is 3.32. The Bertz CT molecular complexity index is 523. The Labute approximate surface area is 125 Å². The summed E-state index contributed by atoms with van der Waals surface area (Å²) >= 11 is 0. The first-order valence-corrected chi connectivity index (χ1v) is 7.16. The highest BCUT2D eigenvalue weighted by molar-refractivity contribution is 5.27. The third kappa shape index (κ3) is 4.88. The fourth-order valence-corrected chi connectivity index (χ4v) is 2.13. The summed E-state index contributed by atoms with van der Waals surface area (Å²) in [6.45, 7) is 3.24. The first-order chi connectivity index (χ1) is 10.3. The Morgan fingerprint density at radius 2 is 2.00 bits per heavy atom. The predicted octanol–water partition coefficient (Wildman–Crippen LogP) is 1.87. The highest BCUT2D eigenvalue weighted by atomic mass is 16.5. The summed E-state index contributed by atoms with van der Waals surface area (Å²) in [5.74, 6) is 1.95. The summed E-state index contributed by atoms with van der Waals surface area (Å²) in [5.41, 5.74) is 1.29. The number of aromatic nitrogens is 2. The number of rotatable bonds is 9. The number of hydrogen-bond donors (Lipinski definition) is 1. The lowest BCUT2D eigenvalue weighted by molar-refractivity contribution is 0.199. The fourth-order valence-electron chi connectivity index (χ4n) is 2.13. The molecule has 0 aliphatic carbocycles. The lowest BCUT2D eigenvalue weighted by Crippen LogP contribution is -2.21. The Morgan fingerprint density at radius 3 is 2.71 bits per heavy atom. The van der Waals surface area contributed by atoms with Crippen LogP contribution in [0.1, 0.15) is 11.4 Å². The SMILES string of the molecule is COCCNCc1nccn1CCc1ccc(OC)cc1. The van der Waals surface area contributed by atoms with Crippen molar-refractivity contribution < 1.29 is 9.47 Å². The maximum Gasteiger partial charge on any atom is 0.122 e. The second-order valence-corrected chi connectivity index (χ2v) is 4.80. The van der Waals surface area contributed by atoms with Crippen molar-refractivity contribution in [3.05, 3.63) is 48.0 Å². The molecule has 1 heterocycles. The molecular formula is C16H23N3O2. The van der Waals surface area contributed by atoms with Crippen LogP contribution in [0.2, 0.25) is 0 Å². The smallest absolute Gasteiger partial charge is 0.122 e. The van der Waals surface area contributed by atoms with E-state index in [-0.39, 0.29) is 0 Å². The molecule has 1 aromatic heterocycles. The van der Waals surface area contributed by atoms with E-state index < -0.39 is 0 Å². The van der Waals surface area contributed by atoms with Gasteiger partial charge in [-0.25, -0.2) is 4.98 Å². The molecule has 0 saturated carbocycles. The predicted molar refractivity (Wildman–Crippen MR) is 82.5 cm³/mol. The normalized spacial score (nSPS) is 10.8. The van der Waals surface area contributed by atoms with E-state index in [4.69, 9.17) is 9.47 Å². The van der Waals surface area contributed by atoms with Crippen LogP contribution in [0.3, 0.4) is 0 Å². The van der Waals surface area contributed by atoms with Gasteiger partial charge in [-0.2, -0.15) is 0 Å². The number of ether oxygens (including phenoxy) is 2. The van der Waals surface area contributed by atoms with Gasteiger partial charge in [-0.05, 0) is 24.1 Å². The van der Waals surface area contributed by atoms with Crippen LogP contribution < -0.4 is 10.1 Å². The first kappa shape index (κ1) is 15.5. The second kappa shape index (κ2) is 8.44. The Hall–Kier alpha value is -1.85. The third-order valence-corrected chi connectivity index (χ3v) is 3.37. The van der Waals surface area contributed by atoms with E-state index >= 15 is 0 Å². The van der Waals surface area contributed by atoms with Crippen molar-refractivity contribution in [2.24, 2.45) is 0 Å². The van der Waals surface area contributed by atoms with E-state index in [1.807, 2.05) is 24.5 Å². The van der Waals surface area contributed by atoms with Gasteiger partial charge in [0.1, 0.15) is 11.6 Å². The summed E-state index contributed by atoms with van der Waals surface area (Å²) in [7, 11) is 3.39. The van der Waals surface area contributed by atoms with Gasteiger partial charge in [-0.3, -0.25) is 0 Å². The molecule has 2 aromatic rings. The average Bonchev–Trinajstić information content (AvgIpc) is 2.97. The molecule has 0 bridgehead atoms. The molecule has 1 aromatic carbocycles. The molecule has 0 unspecified atom stereocenters. The molecule has 0 radical (unpaired) electrons. The van der Waals surface area contributed by atoms with Gasteiger partial charge >= 0.3 is 0 Å². The lowest BCUT2D eigenvalue weighted by Gasteiger charge is -2.09. The molecule has 0 amide bonds. The van der Waals surface area contributed by atoms with E-state index in [1.165, 1.54) is 5.56 Å². The average molecular weight is 289 g/mol. The van der Waals surface area contributed by atoms with Crippen LogP contribution in [0.25, 0.3) is 0 Å². The number of nitrogens with zero attached hydrogens (tertiary/aromatic N) is 2. The molecule has 5 nitrogen and oxygen atoms in total. The van der Waals surface area contributed by atoms with Crippen molar-refractivity contribution in [3.8, 4) is 5.75 Å². The van der Waals surface area contributed by atoms with E-state index in [0.717, 1.165) is 37.6 Å². The number of imidazole rings is 1. The minimum atomic E-state index is 0.715. The van der Waals surface area contributed by atoms with Crippen molar-refractivity contribution >= 4 is 0 Å². The molecule has 21 heavy (non-hydrogen) atoms. The van der Waals surface area contributed by atoms with Crippen LogP contribution in [0.15, 0.2) is 36.7 Å². The minimum Gasteiger partial charge on any atom is -0.497 e. The summed E-state index contributed by atoms with van der Waals surface area (Å²) < 4.78 is 12.4. The minimum absolute atomic E-state index is 0.715. The Morgan fingerprint density at radius 1 is 1.19 bits per heavy atom. The zero-order chi connectivity index (χ0) is 14.9. The zero-order valence-electron chi connectivity index (χ0n) is 12.7. The van der Waals surface area contributed by atoms with Gasteiger partial charge in [0, 0.05) is 32.6 Å². The lowest BCUT2D eigenvalue weighted by atomic mass is 10.1. The van der Waals surface area contributed by atoms with Gasteiger partial charge < -0.3 is 19.4 Å². The standard InChI is InChI=1S/C16H23N3O2/c1-20-12-9-17-13-16-18-8-11-19(16)10-7-14-3-5-15(21-2)6-4-14/h3-6,8,11,17H,7,9-10,12-13H2,1-2H3. The molecular weight excluding hydrogens is 266 g/mol. The topological polar surface area (TPSA) is 48.3 Å². The third-order valence-electron chi connectivity index (χ3n) is 3.37. The Kier molecular flexibility index (Phi) is 6.24. The number of methoxy groups -OCH3 is 2. The monoisotopic (exact) mass is 289 g/mol. The van der Waals surface area contributed by atoms with Gasteiger partial charge in [0.2, 0.25) is 0 Å². The van der Waals surface area contributed by atoms with Gasteiger partial charge in [-0.15, -0.1) is 0 Å². The summed E-state index contributed by atoms with van der Waals surface area (Å²) in [4.78, 5) is 4.39. The van der Waals surface area contributed by atoms with Crippen LogP contribution in [0.5, 0.6) is 5.75 Å². The van der Waals surface area contributed by atoms with Crippen LogP contribution >= 0.6 is 0 Å². The molecule has 2 rings (SSSR count). The molecule has 0 aliphatic heterocycles. The van der Waals surface area contributed by atoms with Gasteiger partial charge in [0.25, 0.3) is 0 Å². The number of benzene rings is 1. The van der Waals surface area contributed by atoms with Crippen molar-refractivity contribution in [1.29, 1.82) is 0 Å². The van der Waals surface area contributed by atoms with E-state index in [0.29, 0.717) is 6.61 Å². The highest BCUT2D eigenvalue weighted by Gasteiger charge is 2.03. The van der Waals surface area contributed by atoms with Crippen molar-refractivity contribution in [2.45, 2.75) is 19.5 Å². The zero-order valence-corrected chi connectivity index (χ0v) is 12.7. The number of nitrogens with one attached hydrogen (secondary N) is 1. The summed E-state index contributed by atoms with van der Waals surface area (Å²) in [6.07, 6.45) is 4.85. The maximum absolute atomic E-state index is 5.17. The van der Waals surface area contributed by atoms with Crippen molar-refractivity contribution in [3.63, 3.8) is 0 Å². The molecule has 0 saturated heterocycles. The molecule has 0 fully saturated rings. The van der Waals surface area contributed by atoms with Gasteiger partial charge in [0.05, 0.1) is 20.3 Å². The van der Waals surface area contributed by atoms with E-state index in [2.05, 4.69) is 27.0 Å². The fraction of sp³-hybridized carbons (Fsp3) is 0.438. The molecule has 1 N–H and O–H groups in total. The quantitative estimate of drug-likeness (QED) is 0.716. The first-order valence-electron chi connectivity index (χ1n) is 7.16. The van der Waals surface area contributed by atoms with E-state index in [9.17, 15) is 0 Å². The highest BCUT2D eigenvalue weighted by Crippen LogP contribution is 2.12. The Balaban J connectivity index is 1.83. The van der Waals surface area contributed by atoms with E-state index in [1.54, 1.807) is 14.2 Å². The molecule has 5 heteroatoms.